The van der Waals surface area contributed by atoms with Gasteiger partial charge >= 0.3 is 0 Å². The smallest absolute Gasteiger partial charge is 0.260 e. The molecule has 2 heterocycles. The molecule has 1 aliphatic rings. The first kappa shape index (κ1) is 16.0. The molecule has 2 aromatic rings. The summed E-state index contributed by atoms with van der Waals surface area (Å²) in [6.45, 7) is 2.75. The number of ether oxygens (including phenoxy) is 1. The fourth-order valence-corrected chi connectivity index (χ4v) is 2.74. The number of hydrogen-bond acceptors (Lipinski definition) is 5. The maximum Gasteiger partial charge on any atom is 0.260 e. The summed E-state index contributed by atoms with van der Waals surface area (Å²) in [4.78, 5) is 28.0. The van der Waals surface area contributed by atoms with Gasteiger partial charge in [-0.05, 0) is 19.1 Å². The van der Waals surface area contributed by atoms with E-state index in [4.69, 9.17) is 9.26 Å². The van der Waals surface area contributed by atoms with Crippen molar-refractivity contribution in [3.05, 3.63) is 35.6 Å². The number of benzene rings is 1. The Bertz CT molecular complexity index is 784. The molecule has 0 N–H and O–H groups in total. The number of carbonyl (C=O) groups excluding carboxylic acids is 2. The van der Waals surface area contributed by atoms with Gasteiger partial charge < -0.3 is 19.1 Å². The van der Waals surface area contributed by atoms with Gasteiger partial charge in [-0.2, -0.15) is 0 Å². The lowest BCUT2D eigenvalue weighted by molar-refractivity contribution is -0.133. The Morgan fingerprint density at radius 3 is 2.75 bits per heavy atom. The topological polar surface area (TPSA) is 75.9 Å². The lowest BCUT2D eigenvalue weighted by Gasteiger charge is -2.31. The highest BCUT2D eigenvalue weighted by molar-refractivity contribution is 6.03. The van der Waals surface area contributed by atoms with Crippen molar-refractivity contribution in [1.29, 1.82) is 0 Å². The van der Waals surface area contributed by atoms with E-state index in [0.717, 1.165) is 0 Å². The highest BCUT2D eigenvalue weighted by Crippen LogP contribution is 2.33. The summed E-state index contributed by atoms with van der Waals surface area (Å²) in [5.41, 5.74) is 1.49. The molecule has 1 saturated heterocycles. The molecular weight excluding hydrogens is 310 g/mol. The van der Waals surface area contributed by atoms with Gasteiger partial charge in [0.25, 0.3) is 5.91 Å². The SMILES string of the molecule is COc1ccccc1-c1noc(C)c1C(=O)N1CCN(C)C(=O)C1. The van der Waals surface area contributed by atoms with E-state index in [0.29, 0.717) is 41.4 Å². The molecule has 0 unspecified atom stereocenters. The third-order valence-corrected chi connectivity index (χ3v) is 4.18. The molecule has 0 aliphatic carbocycles. The summed E-state index contributed by atoms with van der Waals surface area (Å²) in [5, 5.41) is 4.05. The van der Waals surface area contributed by atoms with E-state index >= 15 is 0 Å². The molecule has 0 bridgehead atoms. The Labute approximate surface area is 139 Å². The van der Waals surface area contributed by atoms with Gasteiger partial charge in [0.1, 0.15) is 29.3 Å². The maximum atomic E-state index is 12.9. The van der Waals surface area contributed by atoms with Crippen LogP contribution in [0.3, 0.4) is 0 Å². The normalized spacial score (nSPS) is 14.9. The van der Waals surface area contributed by atoms with Crippen molar-refractivity contribution in [1.82, 2.24) is 15.0 Å². The van der Waals surface area contributed by atoms with Crippen molar-refractivity contribution in [2.75, 3.05) is 33.8 Å². The first-order chi connectivity index (χ1) is 11.5. The molecule has 0 saturated carbocycles. The molecule has 24 heavy (non-hydrogen) atoms. The van der Waals surface area contributed by atoms with E-state index in [1.54, 1.807) is 32.0 Å². The van der Waals surface area contributed by atoms with Crippen LogP contribution in [0.5, 0.6) is 5.75 Å². The van der Waals surface area contributed by atoms with Gasteiger partial charge in [0.05, 0.1) is 7.11 Å². The van der Waals surface area contributed by atoms with Gasteiger partial charge in [0.15, 0.2) is 0 Å². The highest BCUT2D eigenvalue weighted by atomic mass is 16.5. The number of para-hydroxylation sites is 1. The van der Waals surface area contributed by atoms with E-state index in [-0.39, 0.29) is 18.4 Å². The molecule has 1 aliphatic heterocycles. The van der Waals surface area contributed by atoms with E-state index in [1.807, 2.05) is 18.2 Å². The molecule has 0 radical (unpaired) electrons. The summed E-state index contributed by atoms with van der Waals surface area (Å²) in [5.74, 6) is 0.695. The Kier molecular flexibility index (Phi) is 4.24. The van der Waals surface area contributed by atoms with Gasteiger partial charge in [-0.15, -0.1) is 0 Å². The van der Waals surface area contributed by atoms with Crippen LogP contribution in [0, 0.1) is 6.92 Å². The number of aryl methyl sites for hydroxylation is 1. The van der Waals surface area contributed by atoms with Gasteiger partial charge in [-0.1, -0.05) is 17.3 Å². The van der Waals surface area contributed by atoms with Gasteiger partial charge in [-0.3, -0.25) is 9.59 Å². The molecule has 0 spiro atoms. The van der Waals surface area contributed by atoms with Crippen molar-refractivity contribution in [2.24, 2.45) is 0 Å². The fraction of sp³-hybridized carbons (Fsp3) is 0.353. The lowest BCUT2D eigenvalue weighted by Crippen LogP contribution is -2.50. The standard InChI is InChI=1S/C17H19N3O4/c1-11-15(17(22)20-9-8-19(2)14(21)10-20)16(18-24-11)12-6-4-5-7-13(12)23-3/h4-7H,8-10H2,1-3H3. The van der Waals surface area contributed by atoms with Crippen molar-refractivity contribution < 1.29 is 18.8 Å². The van der Waals surface area contributed by atoms with Crippen molar-refractivity contribution in [2.45, 2.75) is 6.92 Å². The number of piperazine rings is 1. The van der Waals surface area contributed by atoms with Crippen LogP contribution in [0.2, 0.25) is 0 Å². The highest BCUT2D eigenvalue weighted by Gasteiger charge is 2.31. The van der Waals surface area contributed by atoms with Crippen molar-refractivity contribution >= 4 is 11.8 Å². The predicted octanol–water partition coefficient (Wildman–Crippen LogP) is 1.57. The maximum absolute atomic E-state index is 12.9. The molecule has 7 heteroatoms. The summed E-state index contributed by atoms with van der Waals surface area (Å²) in [6.07, 6.45) is 0. The average molecular weight is 329 g/mol. The van der Waals surface area contributed by atoms with E-state index < -0.39 is 0 Å². The number of carbonyl (C=O) groups is 2. The van der Waals surface area contributed by atoms with Gasteiger partial charge in [0.2, 0.25) is 5.91 Å². The third-order valence-electron chi connectivity index (χ3n) is 4.18. The largest absolute Gasteiger partial charge is 0.496 e. The van der Waals surface area contributed by atoms with Gasteiger partial charge in [-0.25, -0.2) is 0 Å². The zero-order chi connectivity index (χ0) is 17.3. The molecule has 126 valence electrons. The molecule has 0 atom stereocenters. The Morgan fingerprint density at radius 2 is 2.04 bits per heavy atom. The first-order valence-corrected chi connectivity index (χ1v) is 7.65. The van der Waals surface area contributed by atoms with Crippen LogP contribution < -0.4 is 4.74 Å². The Morgan fingerprint density at radius 1 is 1.29 bits per heavy atom. The number of amides is 2. The molecule has 1 aromatic carbocycles. The van der Waals surface area contributed by atoms with E-state index in [1.165, 1.54) is 4.90 Å². The number of likely N-dealkylation sites (N-methyl/N-ethyl adjacent to an activating group) is 1. The van der Waals surface area contributed by atoms with Gasteiger partial charge in [0, 0.05) is 25.7 Å². The number of methoxy groups -OCH3 is 1. The second-order valence-corrected chi connectivity index (χ2v) is 5.70. The minimum Gasteiger partial charge on any atom is -0.496 e. The second kappa shape index (κ2) is 6.35. The van der Waals surface area contributed by atoms with Crippen LogP contribution >= 0.6 is 0 Å². The van der Waals surface area contributed by atoms with Crippen LogP contribution in [-0.4, -0.2) is 60.6 Å². The van der Waals surface area contributed by atoms with Crippen LogP contribution in [-0.2, 0) is 4.79 Å². The first-order valence-electron chi connectivity index (χ1n) is 7.65. The van der Waals surface area contributed by atoms with Crippen molar-refractivity contribution in [3.63, 3.8) is 0 Å². The van der Waals surface area contributed by atoms with Crippen LogP contribution in [0.1, 0.15) is 16.1 Å². The number of hydrogen-bond donors (Lipinski definition) is 0. The number of aromatic nitrogens is 1. The summed E-state index contributed by atoms with van der Waals surface area (Å²) in [7, 11) is 3.29. The molecule has 3 rings (SSSR count). The quantitative estimate of drug-likeness (QED) is 0.854. The average Bonchev–Trinajstić information content (AvgIpc) is 2.98. The molecular formula is C17H19N3O4. The predicted molar refractivity (Wildman–Crippen MR) is 86.8 cm³/mol. The number of rotatable bonds is 3. The third kappa shape index (κ3) is 2.73. The minimum atomic E-state index is -0.254. The van der Waals surface area contributed by atoms with Crippen LogP contribution in [0.4, 0.5) is 0 Å². The summed E-state index contributed by atoms with van der Waals surface area (Å²) in [6, 6.07) is 7.31. The summed E-state index contributed by atoms with van der Waals surface area (Å²) < 4.78 is 10.6. The monoisotopic (exact) mass is 329 g/mol. The zero-order valence-electron chi connectivity index (χ0n) is 13.9. The van der Waals surface area contributed by atoms with E-state index in [2.05, 4.69) is 5.16 Å². The van der Waals surface area contributed by atoms with E-state index in [9.17, 15) is 9.59 Å². The molecule has 1 aromatic heterocycles. The molecule has 7 nitrogen and oxygen atoms in total. The minimum absolute atomic E-state index is 0.0608. The zero-order valence-corrected chi connectivity index (χ0v) is 13.9. The van der Waals surface area contributed by atoms with Crippen LogP contribution in [0.15, 0.2) is 28.8 Å². The molecule has 1 fully saturated rings. The lowest BCUT2D eigenvalue weighted by atomic mass is 10.0. The van der Waals surface area contributed by atoms with Crippen molar-refractivity contribution in [3.8, 4) is 17.0 Å². The Balaban J connectivity index is 1.99. The second-order valence-electron chi connectivity index (χ2n) is 5.70. The molecule has 2 amide bonds. The summed E-state index contributed by atoms with van der Waals surface area (Å²) >= 11 is 0. The van der Waals surface area contributed by atoms with Crippen LogP contribution in [0.25, 0.3) is 11.3 Å². The Hall–Kier alpha value is -2.83. The fourth-order valence-electron chi connectivity index (χ4n) is 2.74. The number of nitrogens with zero attached hydrogens (tertiary/aromatic N) is 3.